The number of anilines is 2. The van der Waals surface area contributed by atoms with Crippen LogP contribution in [-0.4, -0.2) is 119 Å². The smallest absolute Gasteiger partial charge is 0.246 e. The van der Waals surface area contributed by atoms with Gasteiger partial charge in [0.25, 0.3) is 0 Å². The van der Waals surface area contributed by atoms with Crippen LogP contribution in [0, 0.1) is 0 Å². The van der Waals surface area contributed by atoms with E-state index >= 15 is 0 Å². The maximum atomic E-state index is 13.4. The maximum absolute atomic E-state index is 13.4. The first kappa shape index (κ1) is 48.2. The highest BCUT2D eigenvalue weighted by molar-refractivity contribution is 5.99. The van der Waals surface area contributed by atoms with Crippen LogP contribution in [0.15, 0.2) is 140 Å². The Morgan fingerprint density at radius 1 is 0.616 bits per heavy atom. The van der Waals surface area contributed by atoms with Crippen molar-refractivity contribution in [1.29, 1.82) is 0 Å². The van der Waals surface area contributed by atoms with Gasteiger partial charge in [-0.1, -0.05) is 42.5 Å². The monoisotopic (exact) mass is 979 g/mol. The number of nitrogens with zero attached hydrogens (tertiary/aromatic N) is 11. The summed E-state index contributed by atoms with van der Waals surface area (Å²) >= 11 is 0. The molecule has 18 heteroatoms. The van der Waals surface area contributed by atoms with Crippen LogP contribution >= 0.6 is 0 Å². The second kappa shape index (κ2) is 21.9. The number of hydrogen-bond acceptors (Lipinski definition) is 14. The number of nitrogen functional groups attached to an aromatic ring is 2. The fourth-order valence-corrected chi connectivity index (χ4v) is 9.56. The lowest BCUT2D eigenvalue weighted by atomic mass is 10.0. The third-order valence-corrected chi connectivity index (χ3v) is 13.3. The number of nitrogens with two attached hydrogens (primary N) is 2. The molecule has 2 aliphatic rings. The first-order chi connectivity index (χ1) is 35.7. The fraction of sp³-hybridized carbons (Fsp3) is 0.273. The molecule has 2 aliphatic heterocycles. The minimum atomic E-state index is -0.0216. The summed E-state index contributed by atoms with van der Waals surface area (Å²) in [6.07, 6.45) is 12.7. The van der Waals surface area contributed by atoms with Crippen LogP contribution < -0.4 is 20.9 Å². The molecule has 0 saturated carbocycles. The molecule has 18 nitrogen and oxygen atoms in total. The van der Waals surface area contributed by atoms with Crippen LogP contribution in [0.2, 0.25) is 0 Å². The molecule has 10 rings (SSSR count). The molecule has 0 spiro atoms. The number of likely N-dealkylation sites (tertiary alicyclic amines) is 2. The van der Waals surface area contributed by atoms with E-state index in [1.165, 1.54) is 12.7 Å². The van der Waals surface area contributed by atoms with Crippen molar-refractivity contribution in [1.82, 2.24) is 54.2 Å². The molecule has 6 heterocycles. The van der Waals surface area contributed by atoms with E-state index in [0.717, 1.165) is 48.1 Å². The van der Waals surface area contributed by atoms with E-state index in [9.17, 15) is 9.59 Å². The number of carbonyl (C=O) groups is 2. The molecule has 0 radical (unpaired) electrons. The highest BCUT2D eigenvalue weighted by atomic mass is 16.5. The van der Waals surface area contributed by atoms with E-state index in [-0.39, 0.29) is 23.9 Å². The van der Waals surface area contributed by atoms with E-state index in [1.54, 1.807) is 25.3 Å². The van der Waals surface area contributed by atoms with Crippen LogP contribution in [0.3, 0.4) is 0 Å². The molecule has 0 bridgehead atoms. The Morgan fingerprint density at radius 2 is 1.10 bits per heavy atom. The average Bonchev–Trinajstić information content (AvgIpc) is 4.01. The minimum Gasteiger partial charge on any atom is -0.457 e. The number of likely N-dealkylation sites (N-methyl/N-ethyl adjacent to an activating group) is 1. The van der Waals surface area contributed by atoms with Gasteiger partial charge in [-0.3, -0.25) is 14.5 Å². The standard InChI is InChI=1S/C55H57N13O5/c1-64(27-7-13-46(69)65-28-23-40(24-29-65)67-54-48(52(56)58-35-60-54)50(62-67)38-15-19-43(20-16-38)72-42-10-4-3-5-11-42)34-37-9-6-12-45(33-37)73-44-21-17-39(18-22-44)51-49-53(57)59-36-61-55(49)68(63-51)41-25-30-66(31-26-41)47(70)14-8-32-71-2/h3-22,33,35-36,40-41H,23-32,34H2,1-2H3,(H2,56,58,60)(H2,57,59,61)/b13-7+,14-8+. The summed E-state index contributed by atoms with van der Waals surface area (Å²) in [5, 5.41) is 11.5. The van der Waals surface area contributed by atoms with Crippen LogP contribution in [0.1, 0.15) is 43.3 Å². The molecule has 372 valence electrons. The lowest BCUT2D eigenvalue weighted by molar-refractivity contribution is -0.128. The van der Waals surface area contributed by atoms with E-state index < -0.39 is 0 Å². The Bertz CT molecular complexity index is 3270. The van der Waals surface area contributed by atoms with Crippen LogP contribution in [0.5, 0.6) is 23.0 Å². The zero-order valence-corrected chi connectivity index (χ0v) is 40.8. The Labute approximate surface area is 422 Å². The van der Waals surface area contributed by atoms with Crippen molar-refractivity contribution < 1.29 is 23.8 Å². The zero-order valence-electron chi connectivity index (χ0n) is 40.8. The second-order valence-corrected chi connectivity index (χ2v) is 18.3. The highest BCUT2D eigenvalue weighted by Gasteiger charge is 2.29. The number of rotatable bonds is 16. The summed E-state index contributed by atoms with van der Waals surface area (Å²) < 4.78 is 21.3. The molecule has 4 aromatic heterocycles. The molecular formula is C55H57N13O5. The molecule has 0 unspecified atom stereocenters. The molecule has 2 fully saturated rings. The molecule has 0 aliphatic carbocycles. The molecule has 8 aromatic rings. The number of hydrogen-bond donors (Lipinski definition) is 2. The zero-order chi connectivity index (χ0) is 50.3. The van der Waals surface area contributed by atoms with Crippen molar-refractivity contribution in [2.24, 2.45) is 0 Å². The Hall–Kier alpha value is -8.48. The van der Waals surface area contributed by atoms with E-state index in [4.69, 9.17) is 35.9 Å². The largest absolute Gasteiger partial charge is 0.457 e. The van der Waals surface area contributed by atoms with Gasteiger partial charge in [-0.05, 0) is 111 Å². The third kappa shape index (κ3) is 10.9. The van der Waals surface area contributed by atoms with Gasteiger partial charge in [0.15, 0.2) is 11.3 Å². The molecule has 73 heavy (non-hydrogen) atoms. The van der Waals surface area contributed by atoms with Crippen molar-refractivity contribution in [2.45, 2.75) is 44.3 Å². The molecule has 4 N–H and O–H groups in total. The maximum Gasteiger partial charge on any atom is 0.246 e. The quantitative estimate of drug-likeness (QED) is 0.0874. The van der Waals surface area contributed by atoms with Gasteiger partial charge in [0.1, 0.15) is 58.7 Å². The predicted octanol–water partition coefficient (Wildman–Crippen LogP) is 8.27. The van der Waals surface area contributed by atoms with E-state index in [1.807, 2.05) is 129 Å². The van der Waals surface area contributed by atoms with Gasteiger partial charge in [-0.25, -0.2) is 29.3 Å². The third-order valence-electron chi connectivity index (χ3n) is 13.3. The van der Waals surface area contributed by atoms with Gasteiger partial charge in [0.05, 0.1) is 29.5 Å². The molecule has 0 atom stereocenters. The minimum absolute atomic E-state index is 0.0142. The number of ether oxygens (including phenoxy) is 3. The highest BCUT2D eigenvalue weighted by Crippen LogP contribution is 2.37. The van der Waals surface area contributed by atoms with Gasteiger partial charge in [-0.15, -0.1) is 0 Å². The summed E-state index contributed by atoms with van der Waals surface area (Å²) in [4.78, 5) is 49.7. The number of carbonyl (C=O) groups excluding carboxylic acids is 2. The molecular weight excluding hydrogens is 923 g/mol. The van der Waals surface area contributed by atoms with Crippen molar-refractivity contribution in [3.63, 3.8) is 0 Å². The first-order valence-corrected chi connectivity index (χ1v) is 24.5. The van der Waals surface area contributed by atoms with Gasteiger partial charge < -0.3 is 35.5 Å². The van der Waals surface area contributed by atoms with Crippen LogP contribution in [0.4, 0.5) is 11.6 Å². The van der Waals surface area contributed by atoms with Gasteiger partial charge in [0.2, 0.25) is 11.8 Å². The molecule has 2 saturated heterocycles. The number of benzene rings is 4. The summed E-state index contributed by atoms with van der Waals surface area (Å²) in [7, 11) is 3.62. The summed E-state index contributed by atoms with van der Waals surface area (Å²) in [5.41, 5.74) is 18.4. The average molecular weight is 980 g/mol. The van der Waals surface area contributed by atoms with Crippen LogP contribution in [-0.2, 0) is 20.9 Å². The van der Waals surface area contributed by atoms with Gasteiger partial charge in [0, 0.05) is 69.7 Å². The van der Waals surface area contributed by atoms with Crippen molar-refractivity contribution in [2.75, 3.05) is 65.0 Å². The first-order valence-electron chi connectivity index (χ1n) is 24.5. The van der Waals surface area contributed by atoms with Crippen molar-refractivity contribution >= 4 is 45.5 Å². The second-order valence-electron chi connectivity index (χ2n) is 18.3. The number of piperidine rings is 2. The normalized spacial score (nSPS) is 14.8. The van der Waals surface area contributed by atoms with E-state index in [2.05, 4.69) is 30.9 Å². The predicted molar refractivity (Wildman–Crippen MR) is 280 cm³/mol. The van der Waals surface area contributed by atoms with Gasteiger partial charge in [-0.2, -0.15) is 10.2 Å². The van der Waals surface area contributed by atoms with Crippen molar-refractivity contribution in [3.05, 3.63) is 146 Å². The Morgan fingerprint density at radius 3 is 1.62 bits per heavy atom. The number of aromatic nitrogens is 8. The van der Waals surface area contributed by atoms with Gasteiger partial charge >= 0.3 is 0 Å². The summed E-state index contributed by atoms with van der Waals surface area (Å²) in [6.45, 7) is 4.03. The topological polar surface area (TPSA) is 211 Å². The van der Waals surface area contributed by atoms with Crippen molar-refractivity contribution in [3.8, 4) is 45.5 Å². The molecule has 4 aromatic carbocycles. The lowest BCUT2D eigenvalue weighted by Crippen LogP contribution is -2.38. The Balaban J connectivity index is 0.716. The summed E-state index contributed by atoms with van der Waals surface area (Å²) in [5.74, 6) is 3.54. The summed E-state index contributed by atoms with van der Waals surface area (Å²) in [6, 6.07) is 33.2. The number of para-hydroxylation sites is 1. The SMILES string of the molecule is COC/C=C/C(=O)N1CCC(n2nc(-c3ccc(Oc4cccc(CN(C)C/C=C/C(=O)N5CCC(n6nc(-c7ccc(Oc8ccccc8)cc7)c7c(N)ncnc76)CC5)c4)cc3)c3c(N)ncnc32)CC1. The molecule has 2 amide bonds. The lowest BCUT2D eigenvalue weighted by Gasteiger charge is -2.31. The fourth-order valence-electron chi connectivity index (χ4n) is 9.56. The number of amides is 2. The number of fused-ring (bicyclic) bond motifs is 2. The number of methoxy groups -OCH3 is 1. The van der Waals surface area contributed by atoms with Crippen LogP contribution in [0.25, 0.3) is 44.6 Å². The van der Waals surface area contributed by atoms with E-state index in [0.29, 0.717) is 108 Å². The Kier molecular flexibility index (Phi) is 14.4.